The molecule has 1 aliphatic rings. The number of aromatic amines is 1. The van der Waals surface area contributed by atoms with Crippen LogP contribution in [0.1, 0.15) is 40.7 Å². The predicted octanol–water partition coefficient (Wildman–Crippen LogP) is 1.76. The molecule has 13 heavy (non-hydrogen) atoms. The van der Waals surface area contributed by atoms with Crippen molar-refractivity contribution in [1.82, 2.24) is 4.98 Å². The zero-order chi connectivity index (χ0) is 9.42. The molecule has 70 valence electrons. The zero-order valence-electron chi connectivity index (χ0n) is 7.68. The highest BCUT2D eigenvalue weighted by Gasteiger charge is 2.23. The lowest BCUT2D eigenvalue weighted by Gasteiger charge is -1.98. The maximum absolute atomic E-state index is 10.9. The fourth-order valence-corrected chi connectivity index (χ4v) is 2.16. The number of aryl methyl sites for hydroxylation is 1. The summed E-state index contributed by atoms with van der Waals surface area (Å²) in [6, 6.07) is 0. The SMILES string of the molecule is CCc1c(C(=O)O)[nH]c2c1CCC2. The molecule has 3 heteroatoms. The van der Waals surface area contributed by atoms with E-state index < -0.39 is 5.97 Å². The fraction of sp³-hybridized carbons (Fsp3) is 0.500. The molecule has 0 spiro atoms. The number of fused-ring (bicyclic) bond motifs is 1. The zero-order valence-corrected chi connectivity index (χ0v) is 7.68. The van der Waals surface area contributed by atoms with Crippen LogP contribution in [0, 0.1) is 0 Å². The van der Waals surface area contributed by atoms with Gasteiger partial charge in [-0.25, -0.2) is 4.79 Å². The van der Waals surface area contributed by atoms with Gasteiger partial charge in [-0.15, -0.1) is 0 Å². The number of aromatic nitrogens is 1. The first kappa shape index (κ1) is 8.35. The molecule has 0 saturated heterocycles. The number of rotatable bonds is 2. The molecule has 1 aromatic rings. The smallest absolute Gasteiger partial charge is 0.352 e. The van der Waals surface area contributed by atoms with Crippen molar-refractivity contribution in [3.05, 3.63) is 22.5 Å². The normalized spacial score (nSPS) is 14.5. The molecule has 0 unspecified atom stereocenters. The van der Waals surface area contributed by atoms with Gasteiger partial charge in [0.15, 0.2) is 0 Å². The van der Waals surface area contributed by atoms with Gasteiger partial charge in [0.05, 0.1) is 0 Å². The number of aromatic carboxylic acids is 1. The van der Waals surface area contributed by atoms with Crippen LogP contribution in [0.2, 0.25) is 0 Å². The quantitative estimate of drug-likeness (QED) is 0.726. The van der Waals surface area contributed by atoms with Crippen molar-refractivity contribution in [3.8, 4) is 0 Å². The van der Waals surface area contributed by atoms with E-state index in [-0.39, 0.29) is 0 Å². The van der Waals surface area contributed by atoms with Gasteiger partial charge < -0.3 is 10.1 Å². The average Bonchev–Trinajstić information content (AvgIpc) is 2.60. The van der Waals surface area contributed by atoms with E-state index in [1.54, 1.807) is 0 Å². The molecule has 1 aliphatic carbocycles. The second kappa shape index (κ2) is 2.91. The van der Waals surface area contributed by atoms with Crippen LogP contribution >= 0.6 is 0 Å². The predicted molar refractivity (Wildman–Crippen MR) is 49.2 cm³/mol. The molecular formula is C10H13NO2. The van der Waals surface area contributed by atoms with E-state index in [2.05, 4.69) is 4.98 Å². The third-order valence-corrected chi connectivity index (χ3v) is 2.73. The van der Waals surface area contributed by atoms with Crippen LogP contribution in [0.15, 0.2) is 0 Å². The third kappa shape index (κ3) is 1.15. The van der Waals surface area contributed by atoms with E-state index in [1.807, 2.05) is 6.92 Å². The molecule has 0 amide bonds. The summed E-state index contributed by atoms with van der Waals surface area (Å²) in [4.78, 5) is 13.9. The van der Waals surface area contributed by atoms with Crippen molar-refractivity contribution in [1.29, 1.82) is 0 Å². The summed E-state index contributed by atoms with van der Waals surface area (Å²) in [6.07, 6.45) is 4.03. The maximum atomic E-state index is 10.9. The molecule has 0 aliphatic heterocycles. The second-order valence-electron chi connectivity index (χ2n) is 3.45. The van der Waals surface area contributed by atoms with E-state index in [0.717, 1.165) is 36.9 Å². The van der Waals surface area contributed by atoms with E-state index in [9.17, 15) is 4.79 Å². The van der Waals surface area contributed by atoms with Crippen LogP contribution in [0.3, 0.4) is 0 Å². The number of hydrogen-bond acceptors (Lipinski definition) is 1. The van der Waals surface area contributed by atoms with Crippen molar-refractivity contribution < 1.29 is 9.90 Å². The molecular weight excluding hydrogens is 166 g/mol. The number of H-pyrrole nitrogens is 1. The monoisotopic (exact) mass is 179 g/mol. The Kier molecular flexibility index (Phi) is 1.87. The second-order valence-corrected chi connectivity index (χ2v) is 3.45. The standard InChI is InChI=1S/C10H13NO2/c1-2-6-7-4-3-5-8(7)11-9(6)10(12)13/h11H,2-5H2,1H3,(H,12,13). The highest BCUT2D eigenvalue weighted by molar-refractivity contribution is 5.88. The summed E-state index contributed by atoms with van der Waals surface area (Å²) in [5.74, 6) is -0.828. The van der Waals surface area contributed by atoms with E-state index in [0.29, 0.717) is 5.69 Å². The van der Waals surface area contributed by atoms with Gasteiger partial charge in [0.1, 0.15) is 5.69 Å². The van der Waals surface area contributed by atoms with Crippen LogP contribution in [-0.4, -0.2) is 16.1 Å². The summed E-state index contributed by atoms with van der Waals surface area (Å²) in [5.41, 5.74) is 3.83. The Hall–Kier alpha value is -1.25. The Balaban J connectivity index is 2.53. The van der Waals surface area contributed by atoms with Crippen molar-refractivity contribution in [2.45, 2.75) is 32.6 Å². The van der Waals surface area contributed by atoms with Gasteiger partial charge in [-0.2, -0.15) is 0 Å². The number of carboxylic acids is 1. The molecule has 0 aromatic carbocycles. The van der Waals surface area contributed by atoms with Gasteiger partial charge in [-0.1, -0.05) is 6.92 Å². The Bertz CT molecular complexity index is 352. The molecule has 0 bridgehead atoms. The molecule has 1 aromatic heterocycles. The highest BCUT2D eigenvalue weighted by Crippen LogP contribution is 2.28. The molecule has 1 heterocycles. The Morgan fingerprint density at radius 3 is 2.92 bits per heavy atom. The van der Waals surface area contributed by atoms with Gasteiger partial charge in [-0.05, 0) is 36.8 Å². The molecule has 0 atom stereocenters. The third-order valence-electron chi connectivity index (χ3n) is 2.73. The number of nitrogens with one attached hydrogen (secondary N) is 1. The topological polar surface area (TPSA) is 53.1 Å². The number of carboxylic acid groups (broad SMARTS) is 1. The molecule has 2 N–H and O–H groups in total. The fourth-order valence-electron chi connectivity index (χ4n) is 2.16. The van der Waals surface area contributed by atoms with Crippen molar-refractivity contribution >= 4 is 5.97 Å². The molecule has 0 fully saturated rings. The first-order chi connectivity index (χ1) is 6.24. The summed E-state index contributed by atoms with van der Waals surface area (Å²) in [7, 11) is 0. The number of carbonyl (C=O) groups is 1. The van der Waals surface area contributed by atoms with Gasteiger partial charge in [-0.3, -0.25) is 0 Å². The molecule has 3 nitrogen and oxygen atoms in total. The average molecular weight is 179 g/mol. The lowest BCUT2D eigenvalue weighted by molar-refractivity contribution is 0.0690. The summed E-state index contributed by atoms with van der Waals surface area (Å²) in [5, 5.41) is 8.92. The van der Waals surface area contributed by atoms with E-state index in [4.69, 9.17) is 5.11 Å². The lowest BCUT2D eigenvalue weighted by Crippen LogP contribution is -2.02. The molecule has 0 saturated carbocycles. The highest BCUT2D eigenvalue weighted by atomic mass is 16.4. The van der Waals surface area contributed by atoms with Crippen LogP contribution in [0.5, 0.6) is 0 Å². The van der Waals surface area contributed by atoms with Crippen molar-refractivity contribution in [2.24, 2.45) is 0 Å². The minimum Gasteiger partial charge on any atom is -0.477 e. The van der Waals surface area contributed by atoms with Gasteiger partial charge >= 0.3 is 5.97 Å². The summed E-state index contributed by atoms with van der Waals surface area (Å²) in [6.45, 7) is 2.01. The Morgan fingerprint density at radius 1 is 1.54 bits per heavy atom. The van der Waals surface area contributed by atoms with Crippen molar-refractivity contribution in [3.63, 3.8) is 0 Å². The van der Waals surface area contributed by atoms with Gasteiger partial charge in [0.25, 0.3) is 0 Å². The van der Waals surface area contributed by atoms with Gasteiger partial charge in [0, 0.05) is 5.69 Å². The van der Waals surface area contributed by atoms with Crippen molar-refractivity contribution in [2.75, 3.05) is 0 Å². The van der Waals surface area contributed by atoms with Crippen LogP contribution < -0.4 is 0 Å². The maximum Gasteiger partial charge on any atom is 0.352 e. The first-order valence-corrected chi connectivity index (χ1v) is 4.70. The lowest BCUT2D eigenvalue weighted by atomic mass is 10.1. The minimum absolute atomic E-state index is 0.409. The first-order valence-electron chi connectivity index (χ1n) is 4.70. The minimum atomic E-state index is -0.828. The summed E-state index contributed by atoms with van der Waals surface area (Å²) < 4.78 is 0. The van der Waals surface area contributed by atoms with Crippen LogP contribution in [-0.2, 0) is 19.3 Å². The van der Waals surface area contributed by atoms with E-state index >= 15 is 0 Å². The van der Waals surface area contributed by atoms with E-state index in [1.165, 1.54) is 5.56 Å². The molecule has 2 rings (SSSR count). The van der Waals surface area contributed by atoms with Gasteiger partial charge in [0.2, 0.25) is 0 Å². The largest absolute Gasteiger partial charge is 0.477 e. The Morgan fingerprint density at radius 2 is 2.31 bits per heavy atom. The van der Waals surface area contributed by atoms with Crippen LogP contribution in [0.25, 0.3) is 0 Å². The number of hydrogen-bond donors (Lipinski definition) is 2. The van der Waals surface area contributed by atoms with Crippen LogP contribution in [0.4, 0.5) is 0 Å². The Labute approximate surface area is 76.8 Å². The molecule has 0 radical (unpaired) electrons. The summed E-state index contributed by atoms with van der Waals surface area (Å²) >= 11 is 0.